The van der Waals surface area contributed by atoms with Crippen LogP contribution in [0.15, 0.2) is 41.6 Å². The maximum absolute atomic E-state index is 13.4. The van der Waals surface area contributed by atoms with Crippen LogP contribution in [0.2, 0.25) is 10.0 Å². The maximum atomic E-state index is 13.4. The van der Waals surface area contributed by atoms with E-state index in [0.717, 1.165) is 18.2 Å². The molecule has 0 heterocycles. The molecule has 0 aliphatic heterocycles. The van der Waals surface area contributed by atoms with Crippen molar-refractivity contribution in [3.05, 3.63) is 63.6 Å². The summed E-state index contributed by atoms with van der Waals surface area (Å²) in [6.45, 7) is 1.46. The fraction of sp³-hybridized carbons (Fsp3) is 0.125. The lowest BCUT2D eigenvalue weighted by molar-refractivity contribution is 0.0502. The first-order valence-corrected chi connectivity index (χ1v) is 7.40. The second-order valence-corrected chi connectivity index (χ2v) is 5.51. The van der Waals surface area contributed by atoms with Crippen LogP contribution in [-0.2, 0) is 4.84 Å². The molecule has 0 saturated carbocycles. The number of nitrogens with zero attached hydrogens (tertiary/aromatic N) is 1. The van der Waals surface area contributed by atoms with Gasteiger partial charge in [0.15, 0.2) is 0 Å². The molecule has 0 N–H and O–H groups in total. The van der Waals surface area contributed by atoms with Crippen molar-refractivity contribution in [2.24, 2.45) is 5.16 Å². The van der Waals surface area contributed by atoms with E-state index in [9.17, 15) is 13.6 Å². The highest BCUT2D eigenvalue weighted by Crippen LogP contribution is 2.27. The monoisotopic (exact) mass is 373 g/mol. The molecule has 0 radical (unpaired) electrons. The molecule has 126 valence electrons. The smallest absolute Gasteiger partial charge is 0.371 e. The first-order chi connectivity index (χ1) is 11.4. The number of ether oxygens (including phenoxy) is 1. The molecule has 0 saturated heterocycles. The fourth-order valence-corrected chi connectivity index (χ4v) is 2.12. The molecule has 0 atom stereocenters. The quantitative estimate of drug-likeness (QED) is 0.426. The van der Waals surface area contributed by atoms with E-state index < -0.39 is 23.2 Å². The highest BCUT2D eigenvalue weighted by Gasteiger charge is 2.18. The van der Waals surface area contributed by atoms with Crippen molar-refractivity contribution >= 4 is 34.9 Å². The molecule has 0 amide bonds. The lowest BCUT2D eigenvalue weighted by atomic mass is 10.2. The van der Waals surface area contributed by atoms with Crippen LogP contribution in [0.3, 0.4) is 0 Å². The van der Waals surface area contributed by atoms with E-state index in [-0.39, 0.29) is 12.3 Å². The van der Waals surface area contributed by atoms with Crippen molar-refractivity contribution in [3.8, 4) is 5.75 Å². The van der Waals surface area contributed by atoms with Crippen molar-refractivity contribution in [2.75, 3.05) is 6.61 Å². The highest BCUT2D eigenvalue weighted by atomic mass is 35.5. The van der Waals surface area contributed by atoms with Crippen molar-refractivity contribution in [3.63, 3.8) is 0 Å². The van der Waals surface area contributed by atoms with E-state index >= 15 is 0 Å². The molecule has 0 aliphatic rings. The molecular weight excluding hydrogens is 363 g/mol. The predicted octanol–water partition coefficient (Wildman–Crippen LogP) is 4.88. The Kier molecular flexibility index (Phi) is 6.11. The van der Waals surface area contributed by atoms with Gasteiger partial charge in [-0.1, -0.05) is 34.4 Å². The Bertz CT molecular complexity index is 777. The average Bonchev–Trinajstić information content (AvgIpc) is 2.52. The summed E-state index contributed by atoms with van der Waals surface area (Å²) in [7, 11) is 0. The molecule has 0 aromatic heterocycles. The number of hydrogen-bond donors (Lipinski definition) is 0. The van der Waals surface area contributed by atoms with Gasteiger partial charge in [-0.25, -0.2) is 13.6 Å². The first-order valence-electron chi connectivity index (χ1n) is 6.65. The van der Waals surface area contributed by atoms with Crippen molar-refractivity contribution in [1.29, 1.82) is 0 Å². The third-order valence-electron chi connectivity index (χ3n) is 2.78. The second-order valence-electron chi connectivity index (χ2n) is 4.67. The van der Waals surface area contributed by atoms with Crippen LogP contribution in [0, 0.1) is 11.6 Å². The number of rotatable bonds is 5. The Labute approximate surface area is 146 Å². The third-order valence-corrected chi connectivity index (χ3v) is 3.31. The summed E-state index contributed by atoms with van der Waals surface area (Å²) >= 11 is 11.7. The number of carbonyl (C=O) groups is 1. The minimum atomic E-state index is -1.24. The largest absolute Gasteiger partial charge is 0.486 e. The fourth-order valence-electron chi connectivity index (χ4n) is 1.66. The summed E-state index contributed by atoms with van der Waals surface area (Å²) in [5.41, 5.74) is -0.554. The number of hydrogen-bond acceptors (Lipinski definition) is 4. The summed E-state index contributed by atoms with van der Waals surface area (Å²) in [5.74, 6) is -2.94. The summed E-state index contributed by atoms with van der Waals surface area (Å²) in [4.78, 5) is 16.2. The zero-order valence-corrected chi connectivity index (χ0v) is 13.9. The van der Waals surface area contributed by atoms with Gasteiger partial charge in [-0.15, -0.1) is 0 Å². The molecule has 2 aromatic carbocycles. The van der Waals surface area contributed by atoms with Gasteiger partial charge in [-0.3, -0.25) is 0 Å². The Morgan fingerprint density at radius 2 is 1.83 bits per heavy atom. The van der Waals surface area contributed by atoms with Gasteiger partial charge >= 0.3 is 5.97 Å². The Balaban J connectivity index is 1.97. The Hall–Kier alpha value is -2.18. The first kappa shape index (κ1) is 18.2. The van der Waals surface area contributed by atoms with E-state index in [1.165, 1.54) is 13.0 Å². The molecule has 0 spiro atoms. The minimum Gasteiger partial charge on any atom is -0.486 e. The van der Waals surface area contributed by atoms with Gasteiger partial charge in [0, 0.05) is 5.02 Å². The number of oxime groups is 1. The number of carbonyl (C=O) groups excluding carboxylic acids is 1. The van der Waals surface area contributed by atoms with E-state index in [2.05, 4.69) is 9.99 Å². The normalized spacial score (nSPS) is 11.3. The standard InChI is InChI=1S/C16H11Cl2F2NO3/c1-9(8-23-14-6-5-10(17)7-11(14)18)21-24-16(22)15-12(19)3-2-4-13(15)20/h2-7H,8H2,1H3/b21-9+. The number of benzene rings is 2. The molecule has 24 heavy (non-hydrogen) atoms. The summed E-state index contributed by atoms with van der Waals surface area (Å²) < 4.78 is 32.2. The van der Waals surface area contributed by atoms with Gasteiger partial charge in [-0.2, -0.15) is 0 Å². The molecule has 0 fully saturated rings. The molecule has 4 nitrogen and oxygen atoms in total. The Morgan fingerprint density at radius 3 is 2.46 bits per heavy atom. The second kappa shape index (κ2) is 8.08. The van der Waals surface area contributed by atoms with Gasteiger partial charge < -0.3 is 9.57 Å². The third kappa shape index (κ3) is 4.66. The van der Waals surface area contributed by atoms with E-state index in [1.807, 2.05) is 0 Å². The molecule has 0 bridgehead atoms. The SMILES string of the molecule is C/C(COc1ccc(Cl)cc1Cl)=N\OC(=O)c1c(F)cccc1F. The van der Waals surface area contributed by atoms with Gasteiger partial charge in [0.25, 0.3) is 0 Å². The van der Waals surface area contributed by atoms with Crippen LogP contribution in [0.5, 0.6) is 5.75 Å². The van der Waals surface area contributed by atoms with Crippen LogP contribution in [0.1, 0.15) is 17.3 Å². The topological polar surface area (TPSA) is 47.9 Å². The predicted molar refractivity (Wildman–Crippen MR) is 86.8 cm³/mol. The zero-order chi connectivity index (χ0) is 17.7. The van der Waals surface area contributed by atoms with Crippen molar-refractivity contribution < 1.29 is 23.1 Å². The van der Waals surface area contributed by atoms with Crippen LogP contribution in [0.4, 0.5) is 8.78 Å². The average molecular weight is 374 g/mol. The van der Waals surface area contributed by atoms with E-state index in [4.69, 9.17) is 27.9 Å². The van der Waals surface area contributed by atoms with Gasteiger partial charge in [-0.05, 0) is 37.3 Å². The van der Waals surface area contributed by atoms with E-state index in [1.54, 1.807) is 12.1 Å². The Morgan fingerprint density at radius 1 is 1.17 bits per heavy atom. The van der Waals surface area contributed by atoms with Gasteiger partial charge in [0.1, 0.15) is 29.6 Å². The number of halogens is 4. The van der Waals surface area contributed by atoms with Gasteiger partial charge in [0.2, 0.25) is 0 Å². The lowest BCUT2D eigenvalue weighted by Gasteiger charge is -2.07. The highest BCUT2D eigenvalue weighted by molar-refractivity contribution is 6.35. The lowest BCUT2D eigenvalue weighted by Crippen LogP contribution is -2.12. The van der Waals surface area contributed by atoms with Gasteiger partial charge in [0.05, 0.1) is 10.7 Å². The molecule has 0 aliphatic carbocycles. The van der Waals surface area contributed by atoms with Crippen LogP contribution in [-0.4, -0.2) is 18.3 Å². The summed E-state index contributed by atoms with van der Waals surface area (Å²) in [5, 5.41) is 4.25. The van der Waals surface area contributed by atoms with Crippen molar-refractivity contribution in [2.45, 2.75) is 6.92 Å². The zero-order valence-electron chi connectivity index (χ0n) is 12.4. The van der Waals surface area contributed by atoms with E-state index in [0.29, 0.717) is 15.8 Å². The molecule has 8 heteroatoms. The maximum Gasteiger partial charge on any atom is 0.371 e. The molecule has 0 unspecified atom stereocenters. The molecular formula is C16H11Cl2F2NO3. The van der Waals surface area contributed by atoms with Crippen LogP contribution >= 0.6 is 23.2 Å². The summed E-state index contributed by atoms with van der Waals surface area (Å²) in [6, 6.07) is 7.70. The van der Waals surface area contributed by atoms with Crippen LogP contribution in [0.25, 0.3) is 0 Å². The minimum absolute atomic E-state index is 0.0472. The summed E-state index contributed by atoms with van der Waals surface area (Å²) in [6.07, 6.45) is 0. The molecule has 2 rings (SSSR count). The van der Waals surface area contributed by atoms with Crippen LogP contribution < -0.4 is 4.74 Å². The van der Waals surface area contributed by atoms with Crippen molar-refractivity contribution in [1.82, 2.24) is 0 Å². The molecule has 2 aromatic rings.